The first-order valence-corrected chi connectivity index (χ1v) is 7.95. The molecule has 6 heteroatoms. The third-order valence-corrected chi connectivity index (χ3v) is 3.40. The summed E-state index contributed by atoms with van der Waals surface area (Å²) in [6.07, 6.45) is -2.51. The summed E-state index contributed by atoms with van der Waals surface area (Å²) in [5, 5.41) is 23.9. The molecule has 0 saturated heterocycles. The molecule has 2 rings (SSSR count). The molecule has 1 aromatic carbocycles. The van der Waals surface area contributed by atoms with Crippen LogP contribution < -0.4 is 5.32 Å². The predicted molar refractivity (Wildman–Crippen MR) is 91.6 cm³/mol. The van der Waals surface area contributed by atoms with E-state index in [1.165, 1.54) is 0 Å². The molecule has 0 bridgehead atoms. The Morgan fingerprint density at radius 1 is 1.21 bits per heavy atom. The van der Waals surface area contributed by atoms with Crippen LogP contribution in [0.4, 0.5) is 4.79 Å². The maximum atomic E-state index is 11.5. The van der Waals surface area contributed by atoms with E-state index in [0.717, 1.165) is 10.9 Å². The van der Waals surface area contributed by atoms with E-state index in [1.54, 1.807) is 26.8 Å². The highest BCUT2D eigenvalue weighted by atomic mass is 16.6. The van der Waals surface area contributed by atoms with Crippen molar-refractivity contribution in [3.63, 3.8) is 0 Å². The molecule has 1 heterocycles. The molecule has 0 fully saturated rings. The van der Waals surface area contributed by atoms with Gasteiger partial charge >= 0.3 is 6.09 Å². The lowest BCUT2D eigenvalue weighted by atomic mass is 10.1. The number of fused-ring (bicyclic) bond motifs is 1. The molecule has 1 amide bonds. The molecule has 24 heavy (non-hydrogen) atoms. The molecule has 2 atom stereocenters. The van der Waals surface area contributed by atoms with Crippen molar-refractivity contribution in [2.75, 3.05) is 6.54 Å². The average molecular weight is 332 g/mol. The molecule has 6 nitrogen and oxygen atoms in total. The zero-order valence-electron chi connectivity index (χ0n) is 14.2. The topological polar surface area (TPSA) is 91.7 Å². The lowest BCUT2D eigenvalue weighted by molar-refractivity contribution is 0.0101. The first-order chi connectivity index (χ1) is 11.3. The summed E-state index contributed by atoms with van der Waals surface area (Å²) in [7, 11) is 0. The van der Waals surface area contributed by atoms with Gasteiger partial charge in [-0.2, -0.15) is 0 Å². The fourth-order valence-corrected chi connectivity index (χ4v) is 2.24. The molecular weight excluding hydrogens is 308 g/mol. The molecule has 2 unspecified atom stereocenters. The number of aliphatic hydroxyl groups excluding tert-OH is 2. The number of ether oxygens (including phenoxy) is 1. The maximum Gasteiger partial charge on any atom is 0.407 e. The van der Waals surface area contributed by atoms with Crippen molar-refractivity contribution in [2.24, 2.45) is 0 Å². The highest BCUT2D eigenvalue weighted by molar-refractivity contribution is 5.78. The predicted octanol–water partition coefficient (Wildman–Crippen LogP) is 2.54. The first kappa shape index (κ1) is 18.2. The number of hydrogen-bond acceptors (Lipinski definition) is 5. The fourth-order valence-electron chi connectivity index (χ4n) is 2.24. The van der Waals surface area contributed by atoms with Crippen LogP contribution in [0.15, 0.2) is 36.4 Å². The monoisotopic (exact) mass is 332 g/mol. The van der Waals surface area contributed by atoms with Crippen LogP contribution in [0.2, 0.25) is 0 Å². The lowest BCUT2D eigenvalue weighted by Gasteiger charge is -2.21. The Balaban J connectivity index is 1.89. The summed E-state index contributed by atoms with van der Waals surface area (Å²) >= 11 is 0. The molecule has 0 aliphatic carbocycles. The summed E-state index contributed by atoms with van der Waals surface area (Å²) in [5.41, 5.74) is 0.587. The number of amides is 1. The summed E-state index contributed by atoms with van der Waals surface area (Å²) < 4.78 is 5.11. The largest absolute Gasteiger partial charge is 0.444 e. The van der Waals surface area contributed by atoms with Crippen LogP contribution in [0.3, 0.4) is 0 Å². The molecular formula is C18H24N2O4. The van der Waals surface area contributed by atoms with Crippen molar-refractivity contribution in [1.82, 2.24) is 10.3 Å². The maximum absolute atomic E-state index is 11.5. The van der Waals surface area contributed by atoms with E-state index < -0.39 is 23.9 Å². The number of benzene rings is 1. The Morgan fingerprint density at radius 2 is 1.92 bits per heavy atom. The third-order valence-electron chi connectivity index (χ3n) is 3.40. The number of hydrogen-bond donors (Lipinski definition) is 3. The van der Waals surface area contributed by atoms with Crippen molar-refractivity contribution in [1.29, 1.82) is 0 Å². The number of aliphatic hydroxyl groups is 2. The van der Waals surface area contributed by atoms with Gasteiger partial charge in [-0.05, 0) is 39.3 Å². The number of para-hydroxylation sites is 1. The second-order valence-electron chi connectivity index (χ2n) is 6.66. The third kappa shape index (κ3) is 5.18. The van der Waals surface area contributed by atoms with E-state index in [-0.39, 0.29) is 13.0 Å². The van der Waals surface area contributed by atoms with Crippen LogP contribution >= 0.6 is 0 Å². The van der Waals surface area contributed by atoms with Gasteiger partial charge in [0.2, 0.25) is 0 Å². The average Bonchev–Trinajstić information content (AvgIpc) is 2.51. The zero-order chi connectivity index (χ0) is 17.7. The molecule has 3 N–H and O–H groups in total. The Labute approximate surface area is 141 Å². The molecule has 0 saturated carbocycles. The van der Waals surface area contributed by atoms with Crippen LogP contribution in [0.5, 0.6) is 0 Å². The molecule has 0 aliphatic heterocycles. The minimum atomic E-state index is -1.12. The van der Waals surface area contributed by atoms with Gasteiger partial charge in [-0.3, -0.25) is 0 Å². The number of aromatic nitrogens is 1. The summed E-state index contributed by atoms with van der Waals surface area (Å²) in [6.45, 7) is 5.52. The Morgan fingerprint density at radius 3 is 2.62 bits per heavy atom. The van der Waals surface area contributed by atoms with Crippen molar-refractivity contribution in [3.8, 4) is 0 Å². The number of carbonyl (C=O) groups is 1. The van der Waals surface area contributed by atoms with Crippen molar-refractivity contribution in [2.45, 2.75) is 45.0 Å². The van der Waals surface area contributed by atoms with E-state index in [0.29, 0.717) is 5.69 Å². The highest BCUT2D eigenvalue weighted by Gasteiger charge is 2.21. The highest BCUT2D eigenvalue weighted by Crippen LogP contribution is 2.20. The smallest absolute Gasteiger partial charge is 0.407 e. The summed E-state index contributed by atoms with van der Waals surface area (Å²) in [4.78, 5) is 15.9. The van der Waals surface area contributed by atoms with Crippen LogP contribution in [0.25, 0.3) is 10.9 Å². The second kappa shape index (κ2) is 7.59. The van der Waals surface area contributed by atoms with Crippen LogP contribution in [0.1, 0.15) is 39.0 Å². The van der Waals surface area contributed by atoms with Gasteiger partial charge in [0.1, 0.15) is 11.7 Å². The summed E-state index contributed by atoms with van der Waals surface area (Å²) in [5.74, 6) is 0. The van der Waals surface area contributed by atoms with Gasteiger partial charge in [0, 0.05) is 11.9 Å². The van der Waals surface area contributed by atoms with E-state index in [1.807, 2.05) is 30.3 Å². The van der Waals surface area contributed by atoms with E-state index in [4.69, 9.17) is 4.74 Å². The minimum Gasteiger partial charge on any atom is -0.444 e. The number of rotatable bonds is 5. The standard InChI is InChI=1S/C18H24N2O4/c1-18(2,3)24-17(23)19-11-10-15(21)16(22)14-9-8-12-6-4-5-7-13(12)20-14/h4-9,15-16,21-22H,10-11H2,1-3H3,(H,19,23). The molecule has 0 aliphatic rings. The quantitative estimate of drug-likeness (QED) is 0.782. The molecule has 0 radical (unpaired) electrons. The van der Waals surface area contributed by atoms with Gasteiger partial charge in [-0.15, -0.1) is 0 Å². The first-order valence-electron chi connectivity index (χ1n) is 7.95. The molecule has 1 aromatic heterocycles. The normalized spacial score (nSPS) is 14.2. The minimum absolute atomic E-state index is 0.189. The lowest BCUT2D eigenvalue weighted by Crippen LogP contribution is -2.34. The van der Waals surface area contributed by atoms with E-state index in [2.05, 4.69) is 10.3 Å². The van der Waals surface area contributed by atoms with Crippen LogP contribution in [-0.4, -0.2) is 39.5 Å². The van der Waals surface area contributed by atoms with Crippen LogP contribution in [-0.2, 0) is 4.74 Å². The van der Waals surface area contributed by atoms with Gasteiger partial charge in [0.05, 0.1) is 17.3 Å². The molecule has 130 valence electrons. The Kier molecular flexibility index (Phi) is 5.75. The number of alkyl carbamates (subject to hydrolysis) is 1. The SMILES string of the molecule is CC(C)(C)OC(=O)NCCC(O)C(O)c1ccc2ccccc2n1. The number of nitrogens with zero attached hydrogens (tertiary/aromatic N) is 1. The number of pyridine rings is 1. The van der Waals surface area contributed by atoms with Gasteiger partial charge in [0.25, 0.3) is 0 Å². The number of nitrogens with one attached hydrogen (secondary N) is 1. The molecule has 0 spiro atoms. The van der Waals surface area contributed by atoms with Gasteiger partial charge < -0.3 is 20.3 Å². The number of carbonyl (C=O) groups excluding carboxylic acids is 1. The van der Waals surface area contributed by atoms with Crippen molar-refractivity contribution in [3.05, 3.63) is 42.1 Å². The van der Waals surface area contributed by atoms with E-state index >= 15 is 0 Å². The van der Waals surface area contributed by atoms with E-state index in [9.17, 15) is 15.0 Å². The fraction of sp³-hybridized carbons (Fsp3) is 0.444. The van der Waals surface area contributed by atoms with Gasteiger partial charge in [0.15, 0.2) is 0 Å². The van der Waals surface area contributed by atoms with Crippen LogP contribution in [0, 0.1) is 0 Å². The Bertz CT molecular complexity index is 697. The summed E-state index contributed by atoms with van der Waals surface area (Å²) in [6, 6.07) is 11.1. The van der Waals surface area contributed by atoms with Gasteiger partial charge in [-0.25, -0.2) is 9.78 Å². The zero-order valence-corrected chi connectivity index (χ0v) is 14.2. The molecule has 2 aromatic rings. The van der Waals surface area contributed by atoms with Crippen molar-refractivity contribution >= 4 is 17.0 Å². The van der Waals surface area contributed by atoms with Crippen molar-refractivity contribution < 1.29 is 19.7 Å². The second-order valence-corrected chi connectivity index (χ2v) is 6.66. The van der Waals surface area contributed by atoms with Gasteiger partial charge in [-0.1, -0.05) is 24.3 Å². The Hall–Kier alpha value is -2.18.